The molecule has 5 aliphatic carbocycles. The van der Waals surface area contributed by atoms with E-state index >= 15 is 0 Å². The number of fused-ring (bicyclic) bond motifs is 7. The molecule has 5 saturated heterocycles. The predicted molar refractivity (Wildman–Crippen MR) is 300 cm³/mol. The van der Waals surface area contributed by atoms with Crippen LogP contribution in [0.1, 0.15) is 120 Å². The van der Waals surface area contributed by atoms with Gasteiger partial charge >= 0.3 is 29.9 Å². The Balaban J connectivity index is 0.835. The van der Waals surface area contributed by atoms with Crippen molar-refractivity contribution < 1.29 is 143 Å². The van der Waals surface area contributed by atoms with Gasteiger partial charge in [0.1, 0.15) is 92.1 Å². The minimum absolute atomic E-state index is 0.0344. The number of aliphatic hydroxyl groups is 16. The molecule has 5 heterocycles. The van der Waals surface area contributed by atoms with Gasteiger partial charge in [-0.3, -0.25) is 9.59 Å². The Morgan fingerprint density at radius 2 is 1.27 bits per heavy atom. The molecule has 0 radical (unpaired) electrons. The fourth-order valence-corrected chi connectivity index (χ4v) is 18.2. The van der Waals surface area contributed by atoms with Crippen molar-refractivity contribution in [2.24, 2.45) is 56.7 Å². The van der Waals surface area contributed by atoms with Crippen LogP contribution in [0.4, 0.5) is 0 Å². The van der Waals surface area contributed by atoms with Gasteiger partial charge in [-0.2, -0.15) is 0 Å². The summed E-state index contributed by atoms with van der Waals surface area (Å²) in [5.74, 6) is -12.4. The third-order valence-electron chi connectivity index (χ3n) is 23.4. The SMILES string of the molecule is CC(=O)OCC1OC(O)(OCC2OC(O)(OC(=O)C3CC(C)(C)C=C4C3CCC3(C)C4CCC4C5(C)CCC(OC6(OC7COCC(O)C7O)OC(C)C(O)C(O)C6O)C(C)(CO)C5CCC43C)C(O)C(O)C2O)C(O)C(O)C1OC1OC(C)C(O)C(O)C1O. The van der Waals surface area contributed by atoms with E-state index in [9.17, 15) is 91.3 Å². The number of esters is 2. The first-order valence-corrected chi connectivity index (χ1v) is 31.8. The maximum atomic E-state index is 14.9. The topological polar surface area (TPSA) is 459 Å². The summed E-state index contributed by atoms with van der Waals surface area (Å²) in [4.78, 5) is 26.8. The van der Waals surface area contributed by atoms with Crippen LogP contribution in [0.2, 0.25) is 0 Å². The molecule has 5 aliphatic heterocycles. The Kier molecular flexibility index (Phi) is 19.8. The molecule has 10 aliphatic rings. The van der Waals surface area contributed by atoms with E-state index in [-0.39, 0.29) is 60.2 Å². The Labute approximate surface area is 521 Å². The van der Waals surface area contributed by atoms with Gasteiger partial charge in [-0.1, -0.05) is 53.2 Å². The highest BCUT2D eigenvalue weighted by Crippen LogP contribution is 2.76. The third-order valence-corrected chi connectivity index (χ3v) is 23.4. The van der Waals surface area contributed by atoms with E-state index in [2.05, 4.69) is 26.8 Å². The van der Waals surface area contributed by atoms with Crippen LogP contribution in [0.5, 0.6) is 0 Å². The highest BCUT2D eigenvalue weighted by Gasteiger charge is 2.71. The van der Waals surface area contributed by atoms with Crippen LogP contribution < -0.4 is 0 Å². The van der Waals surface area contributed by atoms with Crippen LogP contribution in [0.3, 0.4) is 0 Å². The smallest absolute Gasteiger partial charge is 0.357 e. The maximum Gasteiger partial charge on any atom is 0.357 e. The molecule has 4 saturated carbocycles. The quantitative estimate of drug-likeness (QED) is 0.0348. The zero-order valence-corrected chi connectivity index (χ0v) is 52.5. The lowest BCUT2D eigenvalue weighted by molar-refractivity contribution is -0.491. The standard InChI is InChI=1S/C61H98O29/c1-25-39(65)43(69)46(72)53(83-25)84-48-35(22-81-27(3)63)87-59(78,50(75)47(48)73)82-23-34-42(68)45(71)49(74)60(79,86-34)90-52(77)30-19-54(4,5)18-29-28(30)12-16-57(8)31(29)10-11-37-55(6)15-14-38(56(7,24-62)36(55)13-17-58(37,57)9)89-61(51(76)44(70)40(66)26(2)85-61)88-33-21-80-20-32(64)41(33)67/h18,25-26,28,30-51,53,62,64-76,78-79H,10-17,19-24H2,1-9H3. The van der Waals surface area contributed by atoms with E-state index < -0.39 is 194 Å². The van der Waals surface area contributed by atoms with Crippen molar-refractivity contribution in [2.45, 2.75) is 266 Å². The van der Waals surface area contributed by atoms with Crippen molar-refractivity contribution in [2.75, 3.05) is 33.0 Å². The van der Waals surface area contributed by atoms with E-state index in [1.807, 2.05) is 20.8 Å². The lowest BCUT2D eigenvalue weighted by atomic mass is 9.33. The molecule has 29 nitrogen and oxygen atoms in total. The summed E-state index contributed by atoms with van der Waals surface area (Å²) in [6, 6.07) is 0. The summed E-state index contributed by atoms with van der Waals surface area (Å²) >= 11 is 0. The summed E-state index contributed by atoms with van der Waals surface area (Å²) in [6.45, 7) is 14.1. The summed E-state index contributed by atoms with van der Waals surface area (Å²) in [5, 5.41) is 178. The van der Waals surface area contributed by atoms with Crippen molar-refractivity contribution in [3.63, 3.8) is 0 Å². The fraction of sp³-hybridized carbons (Fsp3) is 0.934. The van der Waals surface area contributed by atoms with Crippen LogP contribution in [-0.2, 0) is 61.7 Å². The Hall–Kier alpha value is -2.32. The monoisotopic (exact) mass is 1290 g/mol. The fourth-order valence-electron chi connectivity index (χ4n) is 18.2. The molecule has 29 heteroatoms. The molecular weight excluding hydrogens is 1200 g/mol. The molecule has 0 aromatic rings. The summed E-state index contributed by atoms with van der Waals surface area (Å²) in [6.07, 6.45) is -29.2. The number of aliphatic hydroxyl groups excluding tert-OH is 14. The van der Waals surface area contributed by atoms with Gasteiger partial charge in [-0.15, -0.1) is 0 Å². The van der Waals surface area contributed by atoms with Crippen molar-refractivity contribution in [3.05, 3.63) is 11.6 Å². The number of carbonyl (C=O) groups excluding carboxylic acids is 2. The summed E-state index contributed by atoms with van der Waals surface area (Å²) in [5.41, 5.74) is -1.59. The van der Waals surface area contributed by atoms with Crippen LogP contribution in [0.25, 0.3) is 0 Å². The molecule has 0 bridgehead atoms. The maximum absolute atomic E-state index is 14.9. The zero-order valence-electron chi connectivity index (χ0n) is 52.5. The van der Waals surface area contributed by atoms with Crippen molar-refractivity contribution in [3.8, 4) is 0 Å². The number of hydrogen-bond acceptors (Lipinski definition) is 29. The van der Waals surface area contributed by atoms with Gasteiger partial charge < -0.3 is 134 Å². The first-order chi connectivity index (χ1) is 41.9. The first kappa shape index (κ1) is 70.5. The number of ether oxygens (including phenoxy) is 11. The van der Waals surface area contributed by atoms with Gasteiger partial charge in [0, 0.05) is 12.3 Å². The molecule has 516 valence electrons. The van der Waals surface area contributed by atoms with Crippen molar-refractivity contribution in [1.29, 1.82) is 0 Å². The predicted octanol–water partition coefficient (Wildman–Crippen LogP) is -3.48. The van der Waals surface area contributed by atoms with Gasteiger partial charge in [0.15, 0.2) is 24.6 Å². The second-order valence-corrected chi connectivity index (χ2v) is 29.4. The van der Waals surface area contributed by atoms with Gasteiger partial charge in [0.25, 0.3) is 0 Å². The molecular formula is C61H98O29. The van der Waals surface area contributed by atoms with Crippen LogP contribution in [-0.4, -0.2) is 273 Å². The van der Waals surface area contributed by atoms with E-state index in [0.29, 0.717) is 32.1 Å². The Morgan fingerprint density at radius 1 is 0.622 bits per heavy atom. The van der Waals surface area contributed by atoms with Crippen molar-refractivity contribution >= 4 is 11.9 Å². The molecule has 0 spiro atoms. The van der Waals surface area contributed by atoms with E-state index in [4.69, 9.17) is 52.1 Å². The third kappa shape index (κ3) is 11.9. The van der Waals surface area contributed by atoms with E-state index in [0.717, 1.165) is 31.8 Å². The number of rotatable bonds is 14. The zero-order chi connectivity index (χ0) is 66.1. The molecule has 9 fully saturated rings. The molecule has 90 heavy (non-hydrogen) atoms. The molecule has 33 atom stereocenters. The minimum atomic E-state index is -3.36. The molecule has 10 rings (SSSR count). The normalized spacial score (nSPS) is 54.4. The van der Waals surface area contributed by atoms with Gasteiger partial charge in [-0.25, -0.2) is 0 Å². The summed E-state index contributed by atoms with van der Waals surface area (Å²) in [7, 11) is 0. The van der Waals surface area contributed by atoms with Crippen LogP contribution in [0.15, 0.2) is 11.6 Å². The second-order valence-electron chi connectivity index (χ2n) is 29.4. The van der Waals surface area contributed by atoms with E-state index in [1.54, 1.807) is 0 Å². The summed E-state index contributed by atoms with van der Waals surface area (Å²) < 4.78 is 63.5. The first-order valence-electron chi connectivity index (χ1n) is 31.8. The molecule has 16 N–H and O–H groups in total. The largest absolute Gasteiger partial charge is 0.463 e. The van der Waals surface area contributed by atoms with Gasteiger partial charge in [0.2, 0.25) is 0 Å². The molecule has 0 aromatic carbocycles. The van der Waals surface area contributed by atoms with Gasteiger partial charge in [0.05, 0.1) is 50.7 Å². The average Bonchev–Trinajstić information content (AvgIpc) is 0.681. The van der Waals surface area contributed by atoms with E-state index in [1.165, 1.54) is 13.8 Å². The van der Waals surface area contributed by atoms with Crippen molar-refractivity contribution in [1.82, 2.24) is 0 Å². The molecule has 0 amide bonds. The van der Waals surface area contributed by atoms with Gasteiger partial charge in [-0.05, 0) is 117 Å². The van der Waals surface area contributed by atoms with Crippen LogP contribution in [0, 0.1) is 56.7 Å². The Bertz CT molecular complexity index is 2600. The van der Waals surface area contributed by atoms with Crippen LogP contribution >= 0.6 is 0 Å². The Morgan fingerprint density at radius 3 is 1.94 bits per heavy atom. The molecule has 0 aromatic heterocycles. The highest BCUT2D eigenvalue weighted by molar-refractivity contribution is 5.74. The average molecular weight is 1300 g/mol. The minimum Gasteiger partial charge on any atom is -0.463 e. The second kappa shape index (κ2) is 25.3. The highest BCUT2D eigenvalue weighted by atomic mass is 16.9. The number of allylic oxidation sites excluding steroid dienone is 2. The lowest BCUT2D eigenvalue weighted by Crippen LogP contribution is -2.71. The number of hydrogen-bond donors (Lipinski definition) is 16. The number of carbonyl (C=O) groups is 2. The lowest BCUT2D eigenvalue weighted by Gasteiger charge is -2.72. The molecule has 33 unspecified atom stereocenters.